The molecule has 1 aliphatic carbocycles. The number of aliphatic carboxylic acids is 1. The van der Waals surface area contributed by atoms with Crippen molar-refractivity contribution in [1.29, 1.82) is 0 Å². The molecule has 7 nitrogen and oxygen atoms in total. The maximum absolute atomic E-state index is 12.4. The number of nitrogens with one attached hydrogen (secondary N) is 2. The Morgan fingerprint density at radius 2 is 1.59 bits per heavy atom. The zero-order valence-electron chi connectivity index (χ0n) is 20.0. The van der Waals surface area contributed by atoms with Crippen LogP contribution in [0.3, 0.4) is 0 Å². The number of hydrogen-bond donors (Lipinski definition) is 3. The van der Waals surface area contributed by atoms with Crippen molar-refractivity contribution < 1.29 is 24.2 Å². The SMILES string of the molecule is CCC(CNC(=O)OCC1c2ccccc2-c2ccccc21)CC(=O)NC(CC(C)C)C(=O)O. The van der Waals surface area contributed by atoms with E-state index in [9.17, 15) is 19.5 Å². The van der Waals surface area contributed by atoms with Crippen LogP contribution in [0, 0.1) is 11.8 Å². The molecule has 0 aromatic heterocycles. The van der Waals surface area contributed by atoms with Crippen molar-refractivity contribution in [3.05, 3.63) is 59.7 Å². The summed E-state index contributed by atoms with van der Waals surface area (Å²) in [5.74, 6) is -1.34. The molecule has 0 heterocycles. The zero-order chi connectivity index (χ0) is 24.7. The highest BCUT2D eigenvalue weighted by Crippen LogP contribution is 2.44. The number of ether oxygens (including phenoxy) is 1. The Kier molecular flexibility index (Phi) is 8.68. The lowest BCUT2D eigenvalue weighted by molar-refractivity contribution is -0.142. The molecule has 2 aromatic carbocycles. The Labute approximate surface area is 200 Å². The summed E-state index contributed by atoms with van der Waals surface area (Å²) in [6, 6.07) is 15.4. The van der Waals surface area contributed by atoms with Gasteiger partial charge >= 0.3 is 12.1 Å². The van der Waals surface area contributed by atoms with Gasteiger partial charge in [-0.3, -0.25) is 4.79 Å². The lowest BCUT2D eigenvalue weighted by Gasteiger charge is -2.20. The van der Waals surface area contributed by atoms with Crippen LogP contribution in [-0.2, 0) is 14.3 Å². The number of rotatable bonds is 11. The molecular weight excluding hydrogens is 432 g/mol. The summed E-state index contributed by atoms with van der Waals surface area (Å²) in [6.45, 7) is 6.26. The van der Waals surface area contributed by atoms with Gasteiger partial charge in [0.2, 0.25) is 5.91 Å². The highest BCUT2D eigenvalue weighted by Gasteiger charge is 2.29. The normalized spacial score (nSPS) is 14.1. The molecule has 0 saturated carbocycles. The molecule has 2 atom stereocenters. The molecule has 2 aromatic rings. The molecule has 7 heteroatoms. The topological polar surface area (TPSA) is 105 Å². The second-order valence-corrected chi connectivity index (χ2v) is 9.27. The van der Waals surface area contributed by atoms with E-state index in [1.54, 1.807) is 0 Å². The first kappa shape index (κ1) is 25.3. The summed E-state index contributed by atoms with van der Waals surface area (Å²) in [5.41, 5.74) is 4.63. The van der Waals surface area contributed by atoms with Crippen molar-refractivity contribution in [3.63, 3.8) is 0 Å². The van der Waals surface area contributed by atoms with Crippen LogP contribution in [0.1, 0.15) is 57.1 Å². The predicted octanol–water partition coefficient (Wildman–Crippen LogP) is 4.56. The number of fused-ring (bicyclic) bond motifs is 3. The van der Waals surface area contributed by atoms with Crippen molar-refractivity contribution in [3.8, 4) is 11.1 Å². The van der Waals surface area contributed by atoms with Crippen molar-refractivity contribution in [2.75, 3.05) is 13.2 Å². The van der Waals surface area contributed by atoms with Gasteiger partial charge in [0.25, 0.3) is 0 Å². The Hall–Kier alpha value is -3.35. The van der Waals surface area contributed by atoms with Crippen LogP contribution in [0.5, 0.6) is 0 Å². The largest absolute Gasteiger partial charge is 0.480 e. The molecule has 0 spiro atoms. The number of carbonyl (C=O) groups is 3. The predicted molar refractivity (Wildman–Crippen MR) is 130 cm³/mol. The molecule has 182 valence electrons. The van der Waals surface area contributed by atoms with Gasteiger partial charge in [0.15, 0.2) is 0 Å². The minimum atomic E-state index is -1.04. The van der Waals surface area contributed by atoms with Gasteiger partial charge in [-0.1, -0.05) is 75.7 Å². The first-order valence-electron chi connectivity index (χ1n) is 11.9. The van der Waals surface area contributed by atoms with Crippen molar-refractivity contribution in [2.45, 2.75) is 52.0 Å². The molecule has 0 aliphatic heterocycles. The average Bonchev–Trinajstić information content (AvgIpc) is 3.13. The number of amides is 2. The fourth-order valence-corrected chi connectivity index (χ4v) is 4.45. The molecule has 3 N–H and O–H groups in total. The van der Waals surface area contributed by atoms with Crippen LogP contribution in [0.2, 0.25) is 0 Å². The third-order valence-corrected chi connectivity index (χ3v) is 6.27. The van der Waals surface area contributed by atoms with Crippen LogP contribution >= 0.6 is 0 Å². The van der Waals surface area contributed by atoms with Gasteiger partial charge in [0.05, 0.1) is 0 Å². The first-order chi connectivity index (χ1) is 16.3. The summed E-state index contributed by atoms with van der Waals surface area (Å²) in [6.07, 6.45) is 0.653. The average molecular weight is 467 g/mol. The second-order valence-electron chi connectivity index (χ2n) is 9.27. The van der Waals surface area contributed by atoms with Gasteiger partial charge in [-0.15, -0.1) is 0 Å². The van der Waals surface area contributed by atoms with Gasteiger partial charge in [-0.05, 0) is 40.5 Å². The van der Waals surface area contributed by atoms with Crippen LogP contribution < -0.4 is 10.6 Å². The van der Waals surface area contributed by atoms with Crippen molar-refractivity contribution in [1.82, 2.24) is 10.6 Å². The maximum Gasteiger partial charge on any atom is 0.407 e. The van der Waals surface area contributed by atoms with Crippen LogP contribution in [0.25, 0.3) is 11.1 Å². The van der Waals surface area contributed by atoms with Crippen LogP contribution in [0.15, 0.2) is 48.5 Å². The minimum absolute atomic E-state index is 0.0141. The summed E-state index contributed by atoms with van der Waals surface area (Å²) in [5, 5.41) is 14.7. The Morgan fingerprint density at radius 1 is 1.00 bits per heavy atom. The van der Waals surface area contributed by atoms with E-state index in [-0.39, 0.29) is 43.2 Å². The van der Waals surface area contributed by atoms with Crippen molar-refractivity contribution in [2.24, 2.45) is 11.8 Å². The quantitative estimate of drug-likeness (QED) is 0.450. The smallest absolute Gasteiger partial charge is 0.407 e. The first-order valence-corrected chi connectivity index (χ1v) is 11.9. The summed E-state index contributed by atoms with van der Waals surface area (Å²) in [7, 11) is 0. The van der Waals surface area contributed by atoms with Crippen molar-refractivity contribution >= 4 is 18.0 Å². The molecule has 1 aliphatic rings. The van der Waals surface area contributed by atoms with E-state index in [0.29, 0.717) is 12.8 Å². The van der Waals surface area contributed by atoms with E-state index >= 15 is 0 Å². The summed E-state index contributed by atoms with van der Waals surface area (Å²) in [4.78, 5) is 36.2. The molecule has 0 fully saturated rings. The van der Waals surface area contributed by atoms with Gasteiger partial charge in [0.1, 0.15) is 12.6 Å². The number of carboxylic acids is 1. The molecular formula is C27H34N2O5. The van der Waals surface area contributed by atoms with E-state index in [1.807, 2.05) is 45.0 Å². The van der Waals surface area contributed by atoms with Gasteiger partial charge in [-0.2, -0.15) is 0 Å². The standard InChI is InChI=1S/C27H34N2O5/c1-4-18(14-25(30)29-24(26(31)32)13-17(2)3)15-28-27(33)34-16-23-21-11-7-5-9-19(21)20-10-6-8-12-22(20)23/h5-12,17-18,23-24H,4,13-16H2,1-3H3,(H,28,33)(H,29,30)(H,31,32). The third-order valence-electron chi connectivity index (χ3n) is 6.27. The summed E-state index contributed by atoms with van der Waals surface area (Å²) < 4.78 is 5.55. The van der Waals surface area contributed by atoms with E-state index in [0.717, 1.165) is 11.1 Å². The Bertz CT molecular complexity index is 974. The molecule has 34 heavy (non-hydrogen) atoms. The summed E-state index contributed by atoms with van der Waals surface area (Å²) >= 11 is 0. The third kappa shape index (κ3) is 6.37. The second kappa shape index (κ2) is 11.7. The number of benzene rings is 2. The highest BCUT2D eigenvalue weighted by molar-refractivity contribution is 5.83. The lowest BCUT2D eigenvalue weighted by atomic mass is 9.98. The van der Waals surface area contributed by atoms with Gasteiger partial charge in [0, 0.05) is 18.9 Å². The monoisotopic (exact) mass is 466 g/mol. The Balaban J connectivity index is 1.50. The van der Waals surface area contributed by atoms with E-state index < -0.39 is 18.1 Å². The van der Waals surface area contributed by atoms with Gasteiger partial charge in [-0.25, -0.2) is 9.59 Å². The molecule has 0 radical (unpaired) electrons. The Morgan fingerprint density at radius 3 is 2.12 bits per heavy atom. The number of hydrogen-bond acceptors (Lipinski definition) is 4. The van der Waals surface area contributed by atoms with E-state index in [1.165, 1.54) is 11.1 Å². The van der Waals surface area contributed by atoms with Crippen LogP contribution in [-0.4, -0.2) is 42.3 Å². The van der Waals surface area contributed by atoms with Crippen LogP contribution in [0.4, 0.5) is 4.79 Å². The zero-order valence-corrected chi connectivity index (χ0v) is 20.0. The number of carboxylic acid groups (broad SMARTS) is 1. The fraction of sp³-hybridized carbons (Fsp3) is 0.444. The molecule has 2 amide bonds. The molecule has 2 unspecified atom stereocenters. The maximum atomic E-state index is 12.4. The molecule has 3 rings (SSSR count). The van der Waals surface area contributed by atoms with Gasteiger partial charge < -0.3 is 20.5 Å². The number of alkyl carbamates (subject to hydrolysis) is 1. The fourth-order valence-electron chi connectivity index (χ4n) is 4.45. The number of carbonyl (C=O) groups excluding carboxylic acids is 2. The highest BCUT2D eigenvalue weighted by atomic mass is 16.5. The van der Waals surface area contributed by atoms with E-state index in [4.69, 9.17) is 4.74 Å². The minimum Gasteiger partial charge on any atom is -0.480 e. The van der Waals surface area contributed by atoms with E-state index in [2.05, 4.69) is 34.9 Å². The molecule has 0 bridgehead atoms. The lowest BCUT2D eigenvalue weighted by Crippen LogP contribution is -2.43. The molecule has 0 saturated heterocycles.